The molecule has 4 aromatic rings. The molecule has 0 saturated carbocycles. The van der Waals surface area contributed by atoms with E-state index in [9.17, 15) is 0 Å². The van der Waals surface area contributed by atoms with E-state index >= 15 is 0 Å². The molecule has 2 heterocycles. The van der Waals surface area contributed by atoms with Crippen LogP contribution in [0.15, 0.2) is 79.1 Å². The minimum Gasteiger partial charge on any atom is -0.248 e. The summed E-state index contributed by atoms with van der Waals surface area (Å²) in [5.74, 6) is 0. The Hall–Kier alpha value is -2.81. The minimum absolute atomic E-state index is 1.06. The third-order valence-electron chi connectivity index (χ3n) is 2.91. The molecule has 3 nitrogen and oxygen atoms in total. The van der Waals surface area contributed by atoms with Crippen molar-refractivity contribution < 1.29 is 0 Å². The van der Waals surface area contributed by atoms with Crippen molar-refractivity contribution in [2.24, 2.45) is 0 Å². The summed E-state index contributed by atoms with van der Waals surface area (Å²) in [5, 5.41) is 9.47. The van der Waals surface area contributed by atoms with Crippen LogP contribution in [-0.4, -0.2) is 15.2 Å². The van der Waals surface area contributed by atoms with Gasteiger partial charge in [-0.1, -0.05) is 36.4 Å². The summed E-state index contributed by atoms with van der Waals surface area (Å²) in [6, 6.07) is 22.2. The lowest BCUT2D eigenvalue weighted by molar-refractivity contribution is 1.03. The Morgan fingerprint density at radius 2 is 1.05 bits per heavy atom. The summed E-state index contributed by atoms with van der Waals surface area (Å²) in [4.78, 5) is 4.58. The Labute approximate surface area is 116 Å². The molecule has 0 spiro atoms. The van der Waals surface area contributed by atoms with Gasteiger partial charge in [-0.05, 0) is 30.3 Å². The number of benzene rings is 2. The number of fused-ring (bicyclic) bond motifs is 2. The van der Waals surface area contributed by atoms with Gasteiger partial charge in [0.05, 0.1) is 11.0 Å². The van der Waals surface area contributed by atoms with Gasteiger partial charge in [0.2, 0.25) is 0 Å². The van der Waals surface area contributed by atoms with Crippen LogP contribution in [0.4, 0.5) is 0 Å². The summed E-state index contributed by atoms with van der Waals surface area (Å²) < 4.78 is 0. The highest BCUT2D eigenvalue weighted by Gasteiger charge is 1.96. The second kappa shape index (κ2) is 5.89. The number of nitrogens with zero attached hydrogens (tertiary/aromatic N) is 3. The van der Waals surface area contributed by atoms with Crippen LogP contribution < -0.4 is 0 Å². The normalized spacial score (nSPS) is 10.0. The molecule has 0 radical (unpaired) electrons. The zero-order chi connectivity index (χ0) is 13.6. The van der Waals surface area contributed by atoms with Crippen molar-refractivity contribution in [3.05, 3.63) is 79.1 Å². The highest BCUT2D eigenvalue weighted by molar-refractivity contribution is 5.92. The molecule has 0 fully saturated rings. The first-order valence-corrected chi connectivity index (χ1v) is 6.40. The minimum atomic E-state index is 1.06. The molecule has 0 saturated heterocycles. The number of hydrogen-bond acceptors (Lipinski definition) is 3. The van der Waals surface area contributed by atoms with E-state index in [1.165, 1.54) is 10.8 Å². The van der Waals surface area contributed by atoms with Crippen LogP contribution in [0.1, 0.15) is 0 Å². The van der Waals surface area contributed by atoms with E-state index in [0.717, 1.165) is 11.0 Å². The molecule has 20 heavy (non-hydrogen) atoms. The molecule has 0 bridgehead atoms. The molecule has 4 rings (SSSR count). The summed E-state index contributed by atoms with van der Waals surface area (Å²) in [5.41, 5.74) is 2.12. The lowest BCUT2D eigenvalue weighted by Gasteiger charge is -1.99. The number of para-hydroxylation sites is 2. The lowest BCUT2D eigenvalue weighted by atomic mass is 10.1. The topological polar surface area (TPSA) is 38.7 Å². The molecule has 0 aliphatic heterocycles. The van der Waals surface area contributed by atoms with E-state index < -0.39 is 0 Å². The molecule has 3 heteroatoms. The third kappa shape index (κ3) is 2.78. The molecule has 2 aromatic carbocycles. The van der Waals surface area contributed by atoms with Crippen LogP contribution in [0.25, 0.3) is 21.8 Å². The maximum Gasteiger partial charge on any atom is 0.0709 e. The maximum absolute atomic E-state index is 4.58. The monoisotopic (exact) mass is 259 g/mol. The van der Waals surface area contributed by atoms with E-state index in [2.05, 4.69) is 33.4 Å². The quantitative estimate of drug-likeness (QED) is 0.450. The molecule has 0 unspecified atom stereocenters. The van der Waals surface area contributed by atoms with E-state index in [1.807, 2.05) is 48.5 Å². The summed E-state index contributed by atoms with van der Waals surface area (Å²) in [7, 11) is 0. The number of aromatic nitrogens is 3. The van der Waals surface area contributed by atoms with Crippen molar-refractivity contribution in [2.75, 3.05) is 0 Å². The first kappa shape index (κ1) is 12.2. The van der Waals surface area contributed by atoms with E-state index in [-0.39, 0.29) is 0 Å². The van der Waals surface area contributed by atoms with Gasteiger partial charge >= 0.3 is 0 Å². The van der Waals surface area contributed by atoms with E-state index in [0.29, 0.717) is 0 Å². The SMILES string of the molecule is c1ccc2nc3ccccc3cc2c1.c1ccnnc1. The van der Waals surface area contributed by atoms with Crippen LogP contribution in [0.3, 0.4) is 0 Å². The molecular weight excluding hydrogens is 246 g/mol. The number of rotatable bonds is 0. The molecule has 0 N–H and O–H groups in total. The van der Waals surface area contributed by atoms with Crippen molar-refractivity contribution in [2.45, 2.75) is 0 Å². The van der Waals surface area contributed by atoms with Crippen molar-refractivity contribution in [1.29, 1.82) is 0 Å². The molecule has 0 aliphatic rings. The summed E-state index contributed by atoms with van der Waals surface area (Å²) >= 11 is 0. The average molecular weight is 259 g/mol. The Bertz CT molecular complexity index is 682. The van der Waals surface area contributed by atoms with Gasteiger partial charge in [-0.3, -0.25) is 0 Å². The highest BCUT2D eigenvalue weighted by atomic mass is 15.1. The van der Waals surface area contributed by atoms with Gasteiger partial charge in [0, 0.05) is 23.2 Å². The molecular formula is C17H13N3. The lowest BCUT2D eigenvalue weighted by Crippen LogP contribution is -1.80. The average Bonchev–Trinajstić information content (AvgIpc) is 2.55. The van der Waals surface area contributed by atoms with Crippen molar-refractivity contribution in [1.82, 2.24) is 15.2 Å². The van der Waals surface area contributed by atoms with Gasteiger partial charge in [-0.2, -0.15) is 10.2 Å². The molecule has 96 valence electrons. The highest BCUT2D eigenvalue weighted by Crippen LogP contribution is 2.18. The van der Waals surface area contributed by atoms with E-state index in [1.54, 1.807) is 12.4 Å². The van der Waals surface area contributed by atoms with Gasteiger partial charge in [-0.15, -0.1) is 0 Å². The zero-order valence-electron chi connectivity index (χ0n) is 10.8. The van der Waals surface area contributed by atoms with Crippen LogP contribution in [0.5, 0.6) is 0 Å². The first-order chi connectivity index (χ1) is 9.93. The fraction of sp³-hybridized carbons (Fsp3) is 0. The number of pyridine rings is 1. The predicted octanol–water partition coefficient (Wildman–Crippen LogP) is 3.86. The molecule has 2 aromatic heterocycles. The fourth-order valence-corrected chi connectivity index (χ4v) is 1.97. The second-order valence-electron chi connectivity index (χ2n) is 4.29. The van der Waals surface area contributed by atoms with Crippen molar-refractivity contribution in [3.8, 4) is 0 Å². The van der Waals surface area contributed by atoms with Gasteiger partial charge in [0.1, 0.15) is 0 Å². The predicted molar refractivity (Wildman–Crippen MR) is 81.3 cm³/mol. The molecule has 0 amide bonds. The maximum atomic E-state index is 4.58. The Kier molecular flexibility index (Phi) is 3.60. The van der Waals surface area contributed by atoms with Crippen LogP contribution in [0, 0.1) is 0 Å². The standard InChI is InChI=1S/C13H9N.C4H4N2/c1-3-7-12-10(5-1)9-11-6-2-4-8-13(11)14-12;1-2-4-6-5-3-1/h1-9H;1-4H. The summed E-state index contributed by atoms with van der Waals surface area (Å²) in [6.07, 6.45) is 3.28. The van der Waals surface area contributed by atoms with Crippen LogP contribution in [-0.2, 0) is 0 Å². The fourth-order valence-electron chi connectivity index (χ4n) is 1.97. The number of hydrogen-bond donors (Lipinski definition) is 0. The Morgan fingerprint density at radius 3 is 1.50 bits per heavy atom. The second-order valence-corrected chi connectivity index (χ2v) is 4.29. The third-order valence-corrected chi connectivity index (χ3v) is 2.91. The largest absolute Gasteiger partial charge is 0.248 e. The van der Waals surface area contributed by atoms with Crippen molar-refractivity contribution in [3.63, 3.8) is 0 Å². The molecule has 0 atom stereocenters. The van der Waals surface area contributed by atoms with Gasteiger partial charge in [0.15, 0.2) is 0 Å². The Balaban J connectivity index is 0.000000170. The Morgan fingerprint density at radius 1 is 0.550 bits per heavy atom. The zero-order valence-corrected chi connectivity index (χ0v) is 10.8. The summed E-state index contributed by atoms with van der Waals surface area (Å²) in [6.45, 7) is 0. The van der Waals surface area contributed by atoms with Gasteiger partial charge in [0.25, 0.3) is 0 Å². The van der Waals surface area contributed by atoms with Gasteiger partial charge < -0.3 is 0 Å². The van der Waals surface area contributed by atoms with Crippen LogP contribution >= 0.6 is 0 Å². The van der Waals surface area contributed by atoms with Gasteiger partial charge in [-0.25, -0.2) is 4.98 Å². The smallest absolute Gasteiger partial charge is 0.0709 e. The van der Waals surface area contributed by atoms with Crippen LogP contribution in [0.2, 0.25) is 0 Å². The first-order valence-electron chi connectivity index (χ1n) is 6.40. The van der Waals surface area contributed by atoms with Crippen molar-refractivity contribution >= 4 is 21.8 Å². The van der Waals surface area contributed by atoms with E-state index in [4.69, 9.17) is 0 Å². The molecule has 0 aliphatic carbocycles.